The SMILES string of the molecule is CNC(Cc1cccc(Cl)c1Cl)c1ccc(C)cc1C. The van der Waals surface area contributed by atoms with Crippen LogP contribution in [0.2, 0.25) is 10.0 Å². The number of nitrogens with one attached hydrogen (secondary N) is 1. The van der Waals surface area contributed by atoms with Gasteiger partial charge in [-0.15, -0.1) is 0 Å². The van der Waals surface area contributed by atoms with Crippen molar-refractivity contribution in [3.8, 4) is 0 Å². The Balaban J connectivity index is 2.31. The first kappa shape index (κ1) is 15.4. The summed E-state index contributed by atoms with van der Waals surface area (Å²) in [5, 5.41) is 4.63. The highest BCUT2D eigenvalue weighted by Crippen LogP contribution is 2.30. The molecule has 0 amide bonds. The second kappa shape index (κ2) is 6.62. The lowest BCUT2D eigenvalue weighted by Crippen LogP contribution is -2.20. The topological polar surface area (TPSA) is 12.0 Å². The van der Waals surface area contributed by atoms with Gasteiger partial charge in [-0.1, -0.05) is 59.1 Å². The Morgan fingerprint density at radius 3 is 2.50 bits per heavy atom. The van der Waals surface area contributed by atoms with Crippen molar-refractivity contribution in [1.29, 1.82) is 0 Å². The number of rotatable bonds is 4. The lowest BCUT2D eigenvalue weighted by Gasteiger charge is -2.20. The van der Waals surface area contributed by atoms with Gasteiger partial charge in [0.25, 0.3) is 0 Å². The molecule has 0 saturated heterocycles. The van der Waals surface area contributed by atoms with E-state index in [9.17, 15) is 0 Å². The number of aryl methyl sites for hydroxylation is 2. The van der Waals surface area contributed by atoms with Crippen molar-refractivity contribution < 1.29 is 0 Å². The van der Waals surface area contributed by atoms with Crippen molar-refractivity contribution in [2.45, 2.75) is 26.3 Å². The van der Waals surface area contributed by atoms with Crippen molar-refractivity contribution in [2.75, 3.05) is 7.05 Å². The molecule has 0 aliphatic rings. The van der Waals surface area contributed by atoms with Crippen LogP contribution >= 0.6 is 23.2 Å². The Bertz CT molecular complexity index is 608. The highest BCUT2D eigenvalue weighted by molar-refractivity contribution is 6.42. The van der Waals surface area contributed by atoms with Crippen molar-refractivity contribution in [1.82, 2.24) is 5.32 Å². The van der Waals surface area contributed by atoms with Gasteiger partial charge in [-0.2, -0.15) is 0 Å². The molecule has 1 unspecified atom stereocenters. The molecule has 1 atom stereocenters. The van der Waals surface area contributed by atoms with Gasteiger partial charge in [0.1, 0.15) is 0 Å². The van der Waals surface area contributed by atoms with E-state index in [4.69, 9.17) is 23.2 Å². The molecule has 0 bridgehead atoms. The van der Waals surface area contributed by atoms with E-state index in [-0.39, 0.29) is 6.04 Å². The third-order valence-corrected chi connectivity index (χ3v) is 4.46. The molecule has 2 aromatic carbocycles. The van der Waals surface area contributed by atoms with E-state index in [2.05, 4.69) is 37.4 Å². The zero-order chi connectivity index (χ0) is 14.7. The van der Waals surface area contributed by atoms with E-state index in [0.29, 0.717) is 10.0 Å². The summed E-state index contributed by atoms with van der Waals surface area (Å²) in [7, 11) is 1.97. The van der Waals surface area contributed by atoms with Crippen LogP contribution < -0.4 is 5.32 Å². The molecule has 0 aliphatic carbocycles. The highest BCUT2D eigenvalue weighted by Gasteiger charge is 2.15. The van der Waals surface area contributed by atoms with Crippen LogP contribution in [-0.4, -0.2) is 7.05 Å². The minimum absolute atomic E-state index is 0.228. The number of hydrogen-bond donors (Lipinski definition) is 1. The lowest BCUT2D eigenvalue weighted by molar-refractivity contribution is 0.589. The van der Waals surface area contributed by atoms with Crippen LogP contribution in [0.3, 0.4) is 0 Å². The van der Waals surface area contributed by atoms with Crippen molar-refractivity contribution in [3.05, 3.63) is 68.7 Å². The number of benzene rings is 2. The van der Waals surface area contributed by atoms with E-state index in [1.54, 1.807) is 0 Å². The molecule has 1 N–H and O–H groups in total. The number of hydrogen-bond acceptors (Lipinski definition) is 1. The highest BCUT2D eigenvalue weighted by atomic mass is 35.5. The average Bonchev–Trinajstić information content (AvgIpc) is 2.41. The molecule has 3 heteroatoms. The van der Waals surface area contributed by atoms with E-state index >= 15 is 0 Å². The summed E-state index contributed by atoms with van der Waals surface area (Å²) in [6.45, 7) is 4.26. The maximum absolute atomic E-state index is 6.29. The zero-order valence-corrected chi connectivity index (χ0v) is 13.5. The van der Waals surface area contributed by atoms with Gasteiger partial charge in [0.05, 0.1) is 10.0 Å². The van der Waals surface area contributed by atoms with Crippen LogP contribution in [0.5, 0.6) is 0 Å². The monoisotopic (exact) mass is 307 g/mol. The maximum atomic E-state index is 6.29. The molecule has 1 nitrogen and oxygen atoms in total. The molecule has 0 spiro atoms. The minimum atomic E-state index is 0.228. The van der Waals surface area contributed by atoms with E-state index in [1.165, 1.54) is 16.7 Å². The Labute approximate surface area is 130 Å². The zero-order valence-electron chi connectivity index (χ0n) is 12.0. The summed E-state index contributed by atoms with van der Waals surface area (Å²) >= 11 is 12.4. The van der Waals surface area contributed by atoms with Gasteiger partial charge in [0, 0.05) is 6.04 Å². The van der Waals surface area contributed by atoms with Gasteiger partial charge >= 0.3 is 0 Å². The van der Waals surface area contributed by atoms with Crippen molar-refractivity contribution in [3.63, 3.8) is 0 Å². The van der Waals surface area contributed by atoms with E-state index in [1.807, 2.05) is 25.2 Å². The van der Waals surface area contributed by atoms with E-state index in [0.717, 1.165) is 12.0 Å². The second-order valence-corrected chi connectivity index (χ2v) is 5.90. The largest absolute Gasteiger partial charge is 0.313 e. The van der Waals surface area contributed by atoms with Crippen LogP contribution in [0.4, 0.5) is 0 Å². The number of halogens is 2. The minimum Gasteiger partial charge on any atom is -0.313 e. The molecule has 2 rings (SSSR count). The molecule has 0 aromatic heterocycles. The van der Waals surface area contributed by atoms with Gasteiger partial charge in [-0.3, -0.25) is 0 Å². The summed E-state index contributed by atoms with van der Waals surface area (Å²) < 4.78 is 0. The molecule has 0 heterocycles. The Morgan fingerprint density at radius 1 is 1.10 bits per heavy atom. The molecule has 0 radical (unpaired) electrons. The molecule has 20 heavy (non-hydrogen) atoms. The second-order valence-electron chi connectivity index (χ2n) is 5.12. The lowest BCUT2D eigenvalue weighted by atomic mass is 9.94. The quantitative estimate of drug-likeness (QED) is 0.827. The van der Waals surface area contributed by atoms with Gasteiger partial charge < -0.3 is 5.32 Å². The van der Waals surface area contributed by atoms with Gasteiger partial charge in [-0.05, 0) is 50.1 Å². The Morgan fingerprint density at radius 2 is 1.85 bits per heavy atom. The first-order chi connectivity index (χ1) is 9.52. The molecule has 0 aliphatic heterocycles. The van der Waals surface area contributed by atoms with Gasteiger partial charge in [0.15, 0.2) is 0 Å². The molecule has 0 fully saturated rings. The summed E-state index contributed by atoms with van der Waals surface area (Å²) in [4.78, 5) is 0. The molecular weight excluding hydrogens is 289 g/mol. The summed E-state index contributed by atoms with van der Waals surface area (Å²) in [6.07, 6.45) is 0.819. The average molecular weight is 308 g/mol. The first-order valence-electron chi connectivity index (χ1n) is 6.70. The van der Waals surface area contributed by atoms with Crippen LogP contribution in [0.15, 0.2) is 36.4 Å². The third kappa shape index (κ3) is 3.35. The van der Waals surface area contributed by atoms with Crippen molar-refractivity contribution >= 4 is 23.2 Å². The standard InChI is InChI=1S/C17H19Cl2N/c1-11-7-8-14(12(2)9-11)16(20-3)10-13-5-4-6-15(18)17(13)19/h4-9,16,20H,10H2,1-3H3. The van der Waals surface area contributed by atoms with Gasteiger partial charge in [0.2, 0.25) is 0 Å². The predicted molar refractivity (Wildman–Crippen MR) is 87.9 cm³/mol. The molecule has 0 saturated carbocycles. The molecular formula is C17H19Cl2N. The van der Waals surface area contributed by atoms with Gasteiger partial charge in [-0.25, -0.2) is 0 Å². The van der Waals surface area contributed by atoms with E-state index < -0.39 is 0 Å². The third-order valence-electron chi connectivity index (χ3n) is 3.60. The van der Waals surface area contributed by atoms with Crippen LogP contribution in [-0.2, 0) is 6.42 Å². The summed E-state index contributed by atoms with van der Waals surface area (Å²) in [5.74, 6) is 0. The first-order valence-corrected chi connectivity index (χ1v) is 7.46. The molecule has 2 aromatic rings. The summed E-state index contributed by atoms with van der Waals surface area (Å²) in [6, 6.07) is 12.6. The normalized spacial score (nSPS) is 12.4. The number of likely N-dealkylation sites (N-methyl/N-ethyl adjacent to an activating group) is 1. The molecule has 106 valence electrons. The fourth-order valence-electron chi connectivity index (χ4n) is 2.51. The Kier molecular flexibility index (Phi) is 5.09. The van der Waals surface area contributed by atoms with Crippen LogP contribution in [0, 0.1) is 13.8 Å². The fourth-order valence-corrected chi connectivity index (χ4v) is 2.91. The fraction of sp³-hybridized carbons (Fsp3) is 0.294. The maximum Gasteiger partial charge on any atom is 0.0624 e. The van der Waals surface area contributed by atoms with Crippen molar-refractivity contribution in [2.24, 2.45) is 0 Å². The smallest absolute Gasteiger partial charge is 0.0624 e. The Hall–Kier alpha value is -1.02. The van der Waals surface area contributed by atoms with Crippen LogP contribution in [0.1, 0.15) is 28.3 Å². The summed E-state index contributed by atoms with van der Waals surface area (Å²) in [5.41, 5.74) is 4.94. The predicted octanol–water partition coefficient (Wildman–Crippen LogP) is 5.11. The van der Waals surface area contributed by atoms with Crippen LogP contribution in [0.25, 0.3) is 0 Å².